The molecule has 0 unspecified atom stereocenters. The number of benzene rings is 3. The van der Waals surface area contributed by atoms with Gasteiger partial charge in [0.25, 0.3) is 0 Å². The molecule has 4 nitrogen and oxygen atoms in total. The third kappa shape index (κ3) is 5.79. The lowest BCUT2D eigenvalue weighted by Crippen LogP contribution is -2.15. The fourth-order valence-electron chi connectivity index (χ4n) is 4.21. The molecule has 0 atom stereocenters. The van der Waals surface area contributed by atoms with Gasteiger partial charge in [0.1, 0.15) is 5.76 Å². The van der Waals surface area contributed by atoms with E-state index in [1.54, 1.807) is 36.4 Å². The Kier molecular flexibility index (Phi) is 7.63. The zero-order valence-electron chi connectivity index (χ0n) is 19.3. The molecule has 0 aromatic heterocycles. The van der Waals surface area contributed by atoms with E-state index < -0.39 is 5.92 Å². The van der Waals surface area contributed by atoms with E-state index in [-0.39, 0.29) is 35.1 Å². The van der Waals surface area contributed by atoms with Gasteiger partial charge in [-0.05, 0) is 42.5 Å². The van der Waals surface area contributed by atoms with Crippen molar-refractivity contribution in [1.29, 1.82) is 0 Å². The highest BCUT2D eigenvalue weighted by molar-refractivity contribution is 6.26. The molecule has 1 aliphatic carbocycles. The lowest BCUT2D eigenvalue weighted by Gasteiger charge is -2.09. The second kappa shape index (κ2) is 11.2. The average Bonchev–Trinajstić information content (AvgIpc) is 3.14. The molecule has 1 aliphatic rings. The first-order valence-electron chi connectivity index (χ1n) is 11.6. The number of carbonyl (C=O) groups is 3. The van der Waals surface area contributed by atoms with Crippen LogP contribution in [0.2, 0.25) is 0 Å². The van der Waals surface area contributed by atoms with Gasteiger partial charge in [0.15, 0.2) is 17.3 Å². The Labute approximate surface area is 204 Å². The summed E-state index contributed by atoms with van der Waals surface area (Å²) in [4.78, 5) is 38.4. The van der Waals surface area contributed by atoms with E-state index in [0.717, 1.165) is 11.1 Å². The molecule has 0 radical (unpaired) electrons. The van der Waals surface area contributed by atoms with E-state index in [9.17, 15) is 19.5 Å². The van der Waals surface area contributed by atoms with Crippen LogP contribution in [-0.4, -0.2) is 22.5 Å². The van der Waals surface area contributed by atoms with Gasteiger partial charge in [-0.3, -0.25) is 14.4 Å². The van der Waals surface area contributed by atoms with E-state index in [1.807, 2.05) is 60.7 Å². The highest BCUT2D eigenvalue weighted by Gasteiger charge is 2.37. The number of hydrogen-bond acceptors (Lipinski definition) is 4. The van der Waals surface area contributed by atoms with Crippen molar-refractivity contribution in [2.24, 2.45) is 5.92 Å². The first-order valence-corrected chi connectivity index (χ1v) is 11.6. The van der Waals surface area contributed by atoms with Crippen molar-refractivity contribution in [3.8, 4) is 0 Å². The van der Waals surface area contributed by atoms with Gasteiger partial charge in [-0.15, -0.1) is 0 Å². The predicted molar refractivity (Wildman–Crippen MR) is 138 cm³/mol. The number of carbonyl (C=O) groups excluding carboxylic acids is 3. The summed E-state index contributed by atoms with van der Waals surface area (Å²) in [5.41, 5.74) is 2.95. The van der Waals surface area contributed by atoms with Crippen molar-refractivity contribution < 1.29 is 19.5 Å². The Hall–Kier alpha value is -4.31. The normalized spacial score (nSPS) is 14.5. The molecule has 0 bridgehead atoms. The van der Waals surface area contributed by atoms with Crippen molar-refractivity contribution in [1.82, 2.24) is 0 Å². The molecule has 4 heteroatoms. The van der Waals surface area contributed by atoms with E-state index >= 15 is 0 Å². The molecule has 35 heavy (non-hydrogen) atoms. The maximum Gasteiger partial charge on any atom is 0.185 e. The van der Waals surface area contributed by atoms with Crippen LogP contribution in [0, 0.1) is 5.92 Å². The van der Waals surface area contributed by atoms with Crippen LogP contribution < -0.4 is 0 Å². The van der Waals surface area contributed by atoms with Crippen LogP contribution in [0.4, 0.5) is 0 Å². The van der Waals surface area contributed by atoms with Gasteiger partial charge in [-0.1, -0.05) is 97.1 Å². The van der Waals surface area contributed by atoms with Crippen LogP contribution >= 0.6 is 0 Å². The topological polar surface area (TPSA) is 71.4 Å². The second-order valence-corrected chi connectivity index (χ2v) is 8.43. The smallest absolute Gasteiger partial charge is 0.185 e. The Morgan fingerprint density at radius 1 is 0.714 bits per heavy atom. The van der Waals surface area contributed by atoms with Crippen molar-refractivity contribution in [2.75, 3.05) is 0 Å². The van der Waals surface area contributed by atoms with Crippen LogP contribution in [0.3, 0.4) is 0 Å². The standard InChI is InChI=1S/C31H26O4/c32-28(20-18-22-10-3-1-4-11-22)26(29(33)21-19-23-12-5-2-6-13-23)16-9-17-27-30(34)24-14-7-8-15-25(24)31(27)35/h1-8,10-15,18-21,27,32H,9,16-17H2/b20-18+,21-19+,28-26-. The summed E-state index contributed by atoms with van der Waals surface area (Å²) < 4.78 is 0. The zero-order chi connectivity index (χ0) is 24.6. The minimum Gasteiger partial charge on any atom is -0.508 e. The van der Waals surface area contributed by atoms with E-state index in [4.69, 9.17) is 0 Å². The number of aliphatic hydroxyl groups is 1. The second-order valence-electron chi connectivity index (χ2n) is 8.43. The number of fused-ring (bicyclic) bond motifs is 1. The molecule has 3 aromatic rings. The van der Waals surface area contributed by atoms with Crippen molar-refractivity contribution in [3.63, 3.8) is 0 Å². The molecular formula is C31H26O4. The molecule has 0 spiro atoms. The number of Topliss-reactive ketones (excluding diaryl/α,β-unsaturated/α-hetero) is 2. The minimum atomic E-state index is -0.731. The van der Waals surface area contributed by atoms with E-state index in [0.29, 0.717) is 24.0 Å². The van der Waals surface area contributed by atoms with Crippen LogP contribution in [-0.2, 0) is 4.79 Å². The SMILES string of the molecule is O=C(/C=C/c1ccccc1)/C(CCCC1C(=O)c2ccccc2C1=O)=C(O)/C=C/c1ccccc1. The third-order valence-electron chi connectivity index (χ3n) is 6.08. The number of hydrogen-bond donors (Lipinski definition) is 1. The predicted octanol–water partition coefficient (Wildman–Crippen LogP) is 6.66. The average molecular weight is 463 g/mol. The molecular weight excluding hydrogens is 436 g/mol. The van der Waals surface area contributed by atoms with Gasteiger partial charge in [-0.2, -0.15) is 0 Å². The summed E-state index contributed by atoms with van der Waals surface area (Å²) in [6.45, 7) is 0. The highest BCUT2D eigenvalue weighted by Crippen LogP contribution is 2.30. The van der Waals surface area contributed by atoms with Gasteiger partial charge < -0.3 is 5.11 Å². The van der Waals surface area contributed by atoms with Gasteiger partial charge in [-0.25, -0.2) is 0 Å². The first kappa shape index (κ1) is 23.8. The molecule has 0 saturated carbocycles. The van der Waals surface area contributed by atoms with Gasteiger partial charge in [0.2, 0.25) is 0 Å². The summed E-state index contributed by atoms with van der Waals surface area (Å²) in [7, 11) is 0. The van der Waals surface area contributed by atoms with Gasteiger partial charge in [0.05, 0.1) is 5.92 Å². The maximum atomic E-state index is 13.0. The Morgan fingerprint density at radius 3 is 1.74 bits per heavy atom. The summed E-state index contributed by atoms with van der Waals surface area (Å²) in [5, 5.41) is 10.8. The zero-order valence-corrected chi connectivity index (χ0v) is 19.3. The lowest BCUT2D eigenvalue weighted by atomic mass is 9.93. The summed E-state index contributed by atoms with van der Waals surface area (Å²) in [6.07, 6.45) is 7.39. The van der Waals surface area contributed by atoms with Crippen LogP contribution in [0.5, 0.6) is 0 Å². The van der Waals surface area contributed by atoms with E-state index in [2.05, 4.69) is 0 Å². The molecule has 0 fully saturated rings. The fraction of sp³-hybridized carbons (Fsp3) is 0.129. The summed E-state index contributed by atoms with van der Waals surface area (Å²) >= 11 is 0. The van der Waals surface area contributed by atoms with Crippen LogP contribution in [0.15, 0.2) is 108 Å². The molecule has 1 N–H and O–H groups in total. The Balaban J connectivity index is 1.50. The summed E-state index contributed by atoms with van der Waals surface area (Å²) in [5.74, 6) is -1.50. The van der Waals surface area contributed by atoms with Crippen molar-refractivity contribution in [3.05, 3.63) is 131 Å². The maximum absolute atomic E-state index is 13.0. The van der Waals surface area contributed by atoms with Gasteiger partial charge >= 0.3 is 0 Å². The molecule has 3 aromatic carbocycles. The van der Waals surface area contributed by atoms with Crippen LogP contribution in [0.1, 0.15) is 51.1 Å². The Morgan fingerprint density at radius 2 is 1.20 bits per heavy atom. The van der Waals surface area contributed by atoms with Gasteiger partial charge in [0, 0.05) is 16.7 Å². The monoisotopic (exact) mass is 462 g/mol. The van der Waals surface area contributed by atoms with E-state index in [1.165, 1.54) is 12.2 Å². The quantitative estimate of drug-likeness (QED) is 0.167. The highest BCUT2D eigenvalue weighted by atomic mass is 16.3. The molecule has 4 rings (SSSR count). The van der Waals surface area contributed by atoms with Crippen molar-refractivity contribution >= 4 is 29.5 Å². The number of rotatable bonds is 9. The first-order chi connectivity index (χ1) is 17.0. The lowest BCUT2D eigenvalue weighted by molar-refractivity contribution is -0.111. The molecule has 0 saturated heterocycles. The minimum absolute atomic E-state index is 0.121. The number of ketones is 3. The molecule has 0 aliphatic heterocycles. The molecule has 174 valence electrons. The molecule has 0 heterocycles. The summed E-state index contributed by atoms with van der Waals surface area (Å²) in [6, 6.07) is 25.8. The third-order valence-corrected chi connectivity index (χ3v) is 6.08. The van der Waals surface area contributed by atoms with Crippen LogP contribution in [0.25, 0.3) is 12.2 Å². The fourth-order valence-corrected chi connectivity index (χ4v) is 4.21. The van der Waals surface area contributed by atoms with Crippen molar-refractivity contribution in [2.45, 2.75) is 19.3 Å². The molecule has 0 amide bonds. The number of aliphatic hydroxyl groups excluding tert-OH is 1. The Bertz CT molecular complexity index is 1280. The number of allylic oxidation sites excluding steroid dienone is 3. The largest absolute Gasteiger partial charge is 0.508 e.